The molecule has 4 atom stereocenters. The smallest absolute Gasteiger partial charge is 0.217 e. The third-order valence-corrected chi connectivity index (χ3v) is 2.83. The molecule has 0 radical (unpaired) electrons. The van der Waals surface area contributed by atoms with E-state index in [1.165, 1.54) is 0 Å². The van der Waals surface area contributed by atoms with Crippen LogP contribution in [-0.2, 0) is 9.59 Å². The van der Waals surface area contributed by atoms with Gasteiger partial charge in [0.15, 0.2) is 5.78 Å². The van der Waals surface area contributed by atoms with Crippen LogP contribution >= 0.6 is 0 Å². The zero-order chi connectivity index (χ0) is 13.0. The van der Waals surface area contributed by atoms with Gasteiger partial charge in [-0.05, 0) is 6.42 Å². The summed E-state index contributed by atoms with van der Waals surface area (Å²) in [5.41, 5.74) is 10.5. The molecule has 1 aliphatic rings. The quantitative estimate of drug-likeness (QED) is 0.547. The third-order valence-electron chi connectivity index (χ3n) is 2.83. The lowest BCUT2D eigenvalue weighted by molar-refractivity contribution is -0.125. The maximum absolute atomic E-state index is 13.6. The van der Waals surface area contributed by atoms with E-state index in [1.807, 2.05) is 0 Å². The van der Waals surface area contributed by atoms with E-state index in [-0.39, 0.29) is 19.4 Å². The van der Waals surface area contributed by atoms with Gasteiger partial charge in [0.1, 0.15) is 12.2 Å². The van der Waals surface area contributed by atoms with E-state index in [9.17, 15) is 14.0 Å². The Kier molecular flexibility index (Phi) is 4.54. The SMILES string of the molecule is N#C[C@@H]1NC[C@H](C(=O)C(N)CCC(N)=O)[C@H]1F. The second-order valence-electron chi connectivity index (χ2n) is 4.08. The molecule has 0 bridgehead atoms. The van der Waals surface area contributed by atoms with Crippen molar-refractivity contribution in [2.24, 2.45) is 17.4 Å². The van der Waals surface area contributed by atoms with Crippen LogP contribution in [0.1, 0.15) is 12.8 Å². The predicted octanol–water partition coefficient (Wildman–Crippen LogP) is -1.40. The number of nitrogens with zero attached hydrogens (tertiary/aromatic N) is 1. The molecule has 0 spiro atoms. The van der Waals surface area contributed by atoms with E-state index >= 15 is 0 Å². The molecule has 6 nitrogen and oxygen atoms in total. The molecule has 94 valence electrons. The fraction of sp³-hybridized carbons (Fsp3) is 0.700. The highest BCUT2D eigenvalue weighted by molar-refractivity contribution is 5.88. The summed E-state index contributed by atoms with van der Waals surface area (Å²) in [4.78, 5) is 22.3. The molecule has 1 fully saturated rings. The molecule has 1 amide bonds. The number of nitriles is 1. The average Bonchev–Trinajstić information content (AvgIpc) is 2.66. The van der Waals surface area contributed by atoms with E-state index in [0.29, 0.717) is 0 Å². The molecule has 0 aromatic carbocycles. The standard InChI is InChI=1S/C10H15FN4O2/c11-9-5(4-15-7(9)3-12)10(17)6(13)1-2-8(14)16/h5-7,9,15H,1-2,4,13H2,(H2,14,16)/t5-,6?,7-,9+/m0/s1. The zero-order valence-electron chi connectivity index (χ0n) is 9.23. The Hall–Kier alpha value is -1.52. The monoisotopic (exact) mass is 242 g/mol. The Bertz CT molecular complexity index is 355. The summed E-state index contributed by atoms with van der Waals surface area (Å²) in [5.74, 6) is -1.93. The van der Waals surface area contributed by atoms with Crippen molar-refractivity contribution in [2.75, 3.05) is 6.54 Å². The van der Waals surface area contributed by atoms with Crippen molar-refractivity contribution in [3.05, 3.63) is 0 Å². The number of ketones is 1. The van der Waals surface area contributed by atoms with E-state index in [2.05, 4.69) is 5.32 Å². The summed E-state index contributed by atoms with van der Waals surface area (Å²) < 4.78 is 13.6. The maximum Gasteiger partial charge on any atom is 0.217 e. The van der Waals surface area contributed by atoms with E-state index in [1.54, 1.807) is 6.07 Å². The largest absolute Gasteiger partial charge is 0.370 e. The summed E-state index contributed by atoms with van der Waals surface area (Å²) in [6.45, 7) is 0.0997. The van der Waals surface area contributed by atoms with Crippen LogP contribution in [-0.4, -0.2) is 36.5 Å². The van der Waals surface area contributed by atoms with Crippen LogP contribution in [0.3, 0.4) is 0 Å². The Morgan fingerprint density at radius 1 is 1.59 bits per heavy atom. The van der Waals surface area contributed by atoms with Gasteiger partial charge in [0, 0.05) is 13.0 Å². The topological polar surface area (TPSA) is 122 Å². The lowest BCUT2D eigenvalue weighted by Crippen LogP contribution is -2.40. The van der Waals surface area contributed by atoms with Crippen molar-refractivity contribution in [1.29, 1.82) is 5.26 Å². The molecule has 0 aromatic heterocycles. The fourth-order valence-corrected chi connectivity index (χ4v) is 1.80. The van der Waals surface area contributed by atoms with Gasteiger partial charge in [-0.2, -0.15) is 5.26 Å². The van der Waals surface area contributed by atoms with Crippen LogP contribution in [0.15, 0.2) is 0 Å². The number of hydrogen-bond acceptors (Lipinski definition) is 5. The van der Waals surface area contributed by atoms with E-state index in [0.717, 1.165) is 0 Å². The normalized spacial score (nSPS) is 29.6. The van der Waals surface area contributed by atoms with Gasteiger partial charge < -0.3 is 11.5 Å². The van der Waals surface area contributed by atoms with Gasteiger partial charge in [-0.25, -0.2) is 4.39 Å². The average molecular weight is 242 g/mol. The number of halogens is 1. The number of carbonyl (C=O) groups excluding carboxylic acids is 2. The first-order valence-electron chi connectivity index (χ1n) is 5.32. The van der Waals surface area contributed by atoms with Crippen LogP contribution in [0.5, 0.6) is 0 Å². The van der Waals surface area contributed by atoms with Crippen LogP contribution in [0, 0.1) is 17.2 Å². The van der Waals surface area contributed by atoms with Crippen LogP contribution < -0.4 is 16.8 Å². The van der Waals surface area contributed by atoms with Crippen molar-refractivity contribution in [1.82, 2.24) is 5.32 Å². The fourth-order valence-electron chi connectivity index (χ4n) is 1.80. The van der Waals surface area contributed by atoms with Crippen LogP contribution in [0.2, 0.25) is 0 Å². The number of amides is 1. The lowest BCUT2D eigenvalue weighted by Gasteiger charge is -2.16. The molecule has 1 aliphatic heterocycles. The number of nitrogens with two attached hydrogens (primary N) is 2. The lowest BCUT2D eigenvalue weighted by atomic mass is 9.92. The first-order chi connectivity index (χ1) is 7.97. The Balaban J connectivity index is 2.53. The number of primary amides is 1. The van der Waals surface area contributed by atoms with Crippen molar-refractivity contribution in [3.8, 4) is 6.07 Å². The molecule has 1 heterocycles. The molecule has 1 rings (SSSR count). The summed E-state index contributed by atoms with van der Waals surface area (Å²) in [6, 6.07) is -0.143. The Morgan fingerprint density at radius 2 is 2.24 bits per heavy atom. The van der Waals surface area contributed by atoms with Crippen LogP contribution in [0.25, 0.3) is 0 Å². The molecular weight excluding hydrogens is 227 g/mol. The molecule has 17 heavy (non-hydrogen) atoms. The van der Waals surface area contributed by atoms with Crippen molar-refractivity contribution in [2.45, 2.75) is 31.1 Å². The Morgan fingerprint density at radius 3 is 2.71 bits per heavy atom. The highest BCUT2D eigenvalue weighted by Gasteiger charge is 2.41. The van der Waals surface area contributed by atoms with Gasteiger partial charge in [0.05, 0.1) is 18.0 Å². The molecule has 0 aromatic rings. The molecule has 0 aliphatic carbocycles. The summed E-state index contributed by atoms with van der Waals surface area (Å²) in [5, 5.41) is 11.2. The molecule has 0 saturated carbocycles. The van der Waals surface area contributed by atoms with Crippen molar-refractivity contribution < 1.29 is 14.0 Å². The number of Topliss-reactive ketones (excluding diaryl/α,β-unsaturated/α-hetero) is 1. The number of alkyl halides is 1. The highest BCUT2D eigenvalue weighted by atomic mass is 19.1. The van der Waals surface area contributed by atoms with Crippen molar-refractivity contribution >= 4 is 11.7 Å². The molecule has 5 N–H and O–H groups in total. The van der Waals surface area contributed by atoms with Gasteiger partial charge in [-0.1, -0.05) is 0 Å². The van der Waals surface area contributed by atoms with E-state index in [4.69, 9.17) is 16.7 Å². The number of carbonyl (C=O) groups is 2. The first-order valence-corrected chi connectivity index (χ1v) is 5.32. The molecule has 7 heteroatoms. The van der Waals surface area contributed by atoms with Crippen molar-refractivity contribution in [3.63, 3.8) is 0 Å². The number of nitrogens with one attached hydrogen (secondary N) is 1. The minimum absolute atomic E-state index is 0.00825. The number of hydrogen-bond donors (Lipinski definition) is 3. The minimum Gasteiger partial charge on any atom is -0.370 e. The summed E-state index contributed by atoms with van der Waals surface area (Å²) in [6.07, 6.45) is -1.45. The second kappa shape index (κ2) is 5.70. The second-order valence-corrected chi connectivity index (χ2v) is 4.08. The molecule has 1 unspecified atom stereocenters. The summed E-state index contributed by atoms with van der Waals surface area (Å²) in [7, 11) is 0. The molecule has 1 saturated heterocycles. The van der Waals surface area contributed by atoms with Gasteiger partial charge in [-0.15, -0.1) is 0 Å². The van der Waals surface area contributed by atoms with Gasteiger partial charge in [-0.3, -0.25) is 14.9 Å². The van der Waals surface area contributed by atoms with Gasteiger partial charge in [0.2, 0.25) is 5.91 Å². The van der Waals surface area contributed by atoms with E-state index < -0.39 is 35.9 Å². The van der Waals surface area contributed by atoms with Gasteiger partial charge >= 0.3 is 0 Å². The van der Waals surface area contributed by atoms with Gasteiger partial charge in [0.25, 0.3) is 0 Å². The van der Waals surface area contributed by atoms with Crippen LogP contribution in [0.4, 0.5) is 4.39 Å². The highest BCUT2D eigenvalue weighted by Crippen LogP contribution is 2.21. The Labute approximate surface area is 98.1 Å². The maximum atomic E-state index is 13.6. The summed E-state index contributed by atoms with van der Waals surface area (Å²) >= 11 is 0. The predicted molar refractivity (Wildman–Crippen MR) is 57.2 cm³/mol. The molecular formula is C10H15FN4O2. The minimum atomic E-state index is -1.55. The zero-order valence-corrected chi connectivity index (χ0v) is 9.23. The third kappa shape index (κ3) is 3.22. The first kappa shape index (κ1) is 13.5. The number of rotatable bonds is 5.